The van der Waals surface area contributed by atoms with Crippen molar-refractivity contribution in [2.45, 2.75) is 13.8 Å². The Morgan fingerprint density at radius 3 is 2.58 bits per heavy atom. The van der Waals surface area contributed by atoms with Gasteiger partial charge in [0.05, 0.1) is 0 Å². The molecule has 0 heterocycles. The lowest BCUT2D eigenvalue weighted by atomic mass is 10.00. The van der Waals surface area contributed by atoms with Crippen LogP contribution >= 0.6 is 0 Å². The van der Waals surface area contributed by atoms with E-state index in [-0.39, 0.29) is 0 Å². The average molecular weight is 156 g/mol. The zero-order valence-electron chi connectivity index (χ0n) is 7.52. The molecule has 0 aromatic heterocycles. The van der Waals surface area contributed by atoms with Crippen LogP contribution in [0.2, 0.25) is 0 Å². The minimum Gasteiger partial charge on any atom is -0.115 e. The Hall–Kier alpha value is -1.48. The highest BCUT2D eigenvalue weighted by Crippen LogP contribution is 2.16. The molecule has 0 nitrogen and oxygen atoms in total. The van der Waals surface area contributed by atoms with E-state index in [2.05, 4.69) is 26.3 Å². The van der Waals surface area contributed by atoms with Crippen molar-refractivity contribution in [2.24, 2.45) is 0 Å². The Labute approximate surface area is 73.9 Å². The van der Waals surface area contributed by atoms with Gasteiger partial charge in [0.15, 0.2) is 0 Å². The molecule has 0 saturated heterocycles. The summed E-state index contributed by atoms with van der Waals surface area (Å²) in [7, 11) is 0. The lowest BCUT2D eigenvalue weighted by Gasteiger charge is -2.05. The molecule has 0 spiro atoms. The summed E-state index contributed by atoms with van der Waals surface area (Å²) in [6.07, 6.45) is 7.14. The third kappa shape index (κ3) is 1.40. The van der Waals surface area contributed by atoms with E-state index in [1.807, 2.05) is 18.2 Å². The molecule has 0 saturated carbocycles. The summed E-state index contributed by atoms with van der Waals surface area (Å²) in [5.74, 6) is 2.62. The summed E-state index contributed by atoms with van der Waals surface area (Å²) >= 11 is 0. The second-order valence-electron chi connectivity index (χ2n) is 2.86. The molecule has 1 aromatic carbocycles. The number of rotatable bonds is 1. The van der Waals surface area contributed by atoms with E-state index in [1.165, 1.54) is 11.1 Å². The summed E-state index contributed by atoms with van der Waals surface area (Å²) in [5.41, 5.74) is 4.53. The molecule has 1 rings (SSSR count). The second-order valence-corrected chi connectivity index (χ2v) is 2.86. The summed E-state index contributed by atoms with van der Waals surface area (Å²) < 4.78 is 0. The highest BCUT2D eigenvalue weighted by Gasteiger charge is 1.99. The van der Waals surface area contributed by atoms with Crippen LogP contribution < -0.4 is 0 Å². The van der Waals surface area contributed by atoms with Gasteiger partial charge in [-0.05, 0) is 42.7 Å². The van der Waals surface area contributed by atoms with E-state index in [9.17, 15) is 0 Å². The molecule has 0 radical (unpaired) electrons. The molecule has 1 aromatic rings. The zero-order valence-corrected chi connectivity index (χ0v) is 7.52. The standard InChI is InChI=1S/C12H12/c1-5-11-7-9(3)10(4)12(6-2)8-11/h1,6-8H,2H2,3-4H3. The van der Waals surface area contributed by atoms with Gasteiger partial charge in [0.25, 0.3) is 0 Å². The second kappa shape index (κ2) is 3.28. The van der Waals surface area contributed by atoms with E-state index < -0.39 is 0 Å². The maximum Gasteiger partial charge on any atom is 0.0251 e. The van der Waals surface area contributed by atoms with Crippen LogP contribution in [0.1, 0.15) is 22.3 Å². The number of hydrogen-bond acceptors (Lipinski definition) is 0. The molecule has 0 heteroatoms. The van der Waals surface area contributed by atoms with Crippen molar-refractivity contribution in [3.05, 3.63) is 41.0 Å². The minimum absolute atomic E-state index is 0.924. The van der Waals surface area contributed by atoms with Crippen molar-refractivity contribution in [1.29, 1.82) is 0 Å². The molecule has 0 bridgehead atoms. The van der Waals surface area contributed by atoms with E-state index in [0.717, 1.165) is 11.1 Å². The Kier molecular flexibility index (Phi) is 2.35. The van der Waals surface area contributed by atoms with Crippen molar-refractivity contribution >= 4 is 6.08 Å². The van der Waals surface area contributed by atoms with E-state index >= 15 is 0 Å². The van der Waals surface area contributed by atoms with Crippen LogP contribution in [0.3, 0.4) is 0 Å². The third-order valence-corrected chi connectivity index (χ3v) is 2.09. The molecule has 60 valence electrons. The van der Waals surface area contributed by atoms with E-state index in [0.29, 0.717) is 0 Å². The van der Waals surface area contributed by atoms with Gasteiger partial charge in [-0.3, -0.25) is 0 Å². The van der Waals surface area contributed by atoms with Crippen molar-refractivity contribution in [2.75, 3.05) is 0 Å². The molecular formula is C12H12. The van der Waals surface area contributed by atoms with Gasteiger partial charge in [0, 0.05) is 5.56 Å². The maximum absolute atomic E-state index is 5.31. The van der Waals surface area contributed by atoms with Crippen molar-refractivity contribution < 1.29 is 0 Å². The molecule has 0 N–H and O–H groups in total. The largest absolute Gasteiger partial charge is 0.115 e. The van der Waals surface area contributed by atoms with E-state index in [4.69, 9.17) is 6.42 Å². The molecule has 12 heavy (non-hydrogen) atoms. The highest BCUT2D eigenvalue weighted by atomic mass is 14.0. The predicted molar refractivity (Wildman–Crippen MR) is 53.9 cm³/mol. The van der Waals surface area contributed by atoms with Crippen LogP contribution in [0.15, 0.2) is 18.7 Å². The fraction of sp³-hybridized carbons (Fsp3) is 0.167. The molecular weight excluding hydrogens is 144 g/mol. The normalized spacial score (nSPS) is 9.08. The predicted octanol–water partition coefficient (Wildman–Crippen LogP) is 2.93. The van der Waals surface area contributed by atoms with Crippen LogP contribution in [-0.2, 0) is 0 Å². The molecule has 0 atom stereocenters. The number of benzene rings is 1. The number of aryl methyl sites for hydroxylation is 1. The first kappa shape index (κ1) is 8.62. The van der Waals surface area contributed by atoms with Gasteiger partial charge in [-0.25, -0.2) is 0 Å². The fourth-order valence-electron chi connectivity index (χ4n) is 1.18. The van der Waals surface area contributed by atoms with Crippen LogP contribution in [0.5, 0.6) is 0 Å². The van der Waals surface area contributed by atoms with Crippen LogP contribution in [0, 0.1) is 26.2 Å². The summed E-state index contributed by atoms with van der Waals surface area (Å²) in [6.45, 7) is 7.87. The third-order valence-electron chi connectivity index (χ3n) is 2.09. The quantitative estimate of drug-likeness (QED) is 0.548. The van der Waals surface area contributed by atoms with Gasteiger partial charge in [-0.1, -0.05) is 18.6 Å². The first-order valence-electron chi connectivity index (χ1n) is 3.89. The van der Waals surface area contributed by atoms with E-state index in [1.54, 1.807) is 0 Å². The van der Waals surface area contributed by atoms with Crippen LogP contribution in [-0.4, -0.2) is 0 Å². The summed E-state index contributed by atoms with van der Waals surface area (Å²) in [5, 5.41) is 0. The van der Waals surface area contributed by atoms with Crippen LogP contribution in [0.4, 0.5) is 0 Å². The van der Waals surface area contributed by atoms with Gasteiger partial charge in [0.2, 0.25) is 0 Å². The van der Waals surface area contributed by atoms with Gasteiger partial charge in [-0.2, -0.15) is 0 Å². The molecule has 0 aliphatic carbocycles. The molecule has 0 aliphatic rings. The summed E-state index contributed by atoms with van der Waals surface area (Å²) in [4.78, 5) is 0. The zero-order chi connectivity index (χ0) is 9.14. The Morgan fingerprint density at radius 2 is 2.08 bits per heavy atom. The minimum atomic E-state index is 0.924. The SMILES string of the molecule is C#Cc1cc(C)c(C)c(C=C)c1. The highest BCUT2D eigenvalue weighted by molar-refractivity contribution is 5.57. The summed E-state index contributed by atoms with van der Waals surface area (Å²) in [6, 6.07) is 4.00. The topological polar surface area (TPSA) is 0 Å². The van der Waals surface area contributed by atoms with Gasteiger partial charge < -0.3 is 0 Å². The first-order chi connectivity index (χ1) is 5.69. The Balaban J connectivity index is 3.41. The fourth-order valence-corrected chi connectivity index (χ4v) is 1.18. The smallest absolute Gasteiger partial charge is 0.0251 e. The van der Waals surface area contributed by atoms with Crippen molar-refractivity contribution in [3.63, 3.8) is 0 Å². The first-order valence-corrected chi connectivity index (χ1v) is 3.89. The van der Waals surface area contributed by atoms with Crippen molar-refractivity contribution in [3.8, 4) is 12.3 Å². The van der Waals surface area contributed by atoms with Gasteiger partial charge >= 0.3 is 0 Å². The Morgan fingerprint density at radius 1 is 1.42 bits per heavy atom. The lowest BCUT2D eigenvalue weighted by molar-refractivity contribution is 1.32. The van der Waals surface area contributed by atoms with Crippen LogP contribution in [0.25, 0.3) is 6.08 Å². The van der Waals surface area contributed by atoms with Gasteiger partial charge in [0.1, 0.15) is 0 Å². The van der Waals surface area contributed by atoms with Gasteiger partial charge in [-0.15, -0.1) is 6.42 Å². The number of terminal acetylenes is 1. The molecule has 0 aliphatic heterocycles. The lowest BCUT2D eigenvalue weighted by Crippen LogP contribution is -1.88. The number of hydrogen-bond donors (Lipinski definition) is 0. The molecule has 0 fully saturated rings. The maximum atomic E-state index is 5.31. The monoisotopic (exact) mass is 156 g/mol. The van der Waals surface area contributed by atoms with Crippen molar-refractivity contribution in [1.82, 2.24) is 0 Å². The average Bonchev–Trinajstić information content (AvgIpc) is 2.09. The molecule has 0 unspecified atom stereocenters. The molecule has 0 amide bonds. The Bertz CT molecular complexity index is 351.